The molecule has 0 radical (unpaired) electrons. The molecule has 3 N–H and O–H groups in total. The summed E-state index contributed by atoms with van der Waals surface area (Å²) in [6, 6.07) is 13.8. The molecule has 3 rings (SSSR count). The maximum absolute atomic E-state index is 11.3. The average Bonchev–Trinajstić information content (AvgIpc) is 2.75. The first-order chi connectivity index (χ1) is 16.0. The third-order valence-corrected chi connectivity index (χ3v) is 5.89. The summed E-state index contributed by atoms with van der Waals surface area (Å²) in [6.45, 7) is 11.4. The zero-order chi connectivity index (χ0) is 25.0. The second-order valence-electron chi connectivity index (χ2n) is 9.72. The van der Waals surface area contributed by atoms with Crippen molar-refractivity contribution in [3.05, 3.63) is 53.6 Å². The van der Waals surface area contributed by atoms with Crippen molar-refractivity contribution in [1.82, 2.24) is 5.32 Å². The van der Waals surface area contributed by atoms with E-state index in [0.29, 0.717) is 18.7 Å². The Hall–Kier alpha value is -2.45. The normalized spacial score (nSPS) is 24.1. The minimum Gasteiger partial charge on any atom is -0.462 e. The molecule has 0 aliphatic carbocycles. The SMILES string of the molecule is CC(=O)NCCc1ccc(O[C@@H]2OC(C)(C)[C@H](OC(C)C)[C@@H](O)[C@H]2O)cc1-c1cccc(C)c1. The highest BCUT2D eigenvalue weighted by Gasteiger charge is 2.51. The van der Waals surface area contributed by atoms with E-state index in [1.54, 1.807) is 0 Å². The smallest absolute Gasteiger partial charge is 0.229 e. The Kier molecular flexibility index (Phi) is 8.36. The first-order valence-corrected chi connectivity index (χ1v) is 11.8. The molecule has 2 aromatic carbocycles. The second-order valence-corrected chi connectivity index (χ2v) is 9.72. The number of ether oxygens (including phenoxy) is 3. The molecule has 186 valence electrons. The quantitative estimate of drug-likeness (QED) is 0.546. The van der Waals surface area contributed by atoms with Gasteiger partial charge in [0, 0.05) is 13.5 Å². The van der Waals surface area contributed by atoms with Crippen molar-refractivity contribution in [3.63, 3.8) is 0 Å². The topological polar surface area (TPSA) is 97.3 Å². The lowest BCUT2D eigenvalue weighted by atomic mass is 9.89. The summed E-state index contributed by atoms with van der Waals surface area (Å²) in [5.41, 5.74) is 3.31. The maximum Gasteiger partial charge on any atom is 0.229 e. The van der Waals surface area contributed by atoms with E-state index in [4.69, 9.17) is 14.2 Å². The Morgan fingerprint density at radius 3 is 2.53 bits per heavy atom. The largest absolute Gasteiger partial charge is 0.462 e. The number of aliphatic hydroxyl groups excluding tert-OH is 2. The maximum atomic E-state index is 11.3. The van der Waals surface area contributed by atoms with Crippen molar-refractivity contribution >= 4 is 5.91 Å². The molecule has 0 saturated carbocycles. The van der Waals surface area contributed by atoms with Gasteiger partial charge in [-0.25, -0.2) is 0 Å². The van der Waals surface area contributed by atoms with E-state index in [0.717, 1.165) is 22.3 Å². The van der Waals surface area contributed by atoms with Crippen LogP contribution in [0.1, 0.15) is 45.7 Å². The monoisotopic (exact) mass is 471 g/mol. The Balaban J connectivity index is 1.87. The van der Waals surface area contributed by atoms with Crippen LogP contribution in [0.2, 0.25) is 0 Å². The van der Waals surface area contributed by atoms with Gasteiger partial charge < -0.3 is 29.7 Å². The number of amides is 1. The van der Waals surface area contributed by atoms with Crippen LogP contribution in [-0.2, 0) is 20.7 Å². The zero-order valence-corrected chi connectivity index (χ0v) is 20.9. The van der Waals surface area contributed by atoms with Crippen LogP contribution in [0.25, 0.3) is 11.1 Å². The highest BCUT2D eigenvalue weighted by atomic mass is 16.7. The molecule has 2 aromatic rings. The number of aryl methyl sites for hydroxylation is 1. The number of nitrogens with one attached hydrogen (secondary N) is 1. The average molecular weight is 472 g/mol. The molecular formula is C27H37NO6. The van der Waals surface area contributed by atoms with E-state index in [1.165, 1.54) is 6.92 Å². The number of benzene rings is 2. The number of hydrogen-bond acceptors (Lipinski definition) is 6. The number of carbonyl (C=O) groups excluding carboxylic acids is 1. The van der Waals surface area contributed by atoms with Gasteiger partial charge in [0.25, 0.3) is 0 Å². The van der Waals surface area contributed by atoms with E-state index in [1.807, 2.05) is 71.0 Å². The van der Waals surface area contributed by atoms with Crippen molar-refractivity contribution < 1.29 is 29.2 Å². The molecule has 1 aliphatic heterocycles. The Morgan fingerprint density at radius 2 is 1.88 bits per heavy atom. The molecule has 34 heavy (non-hydrogen) atoms. The highest BCUT2D eigenvalue weighted by Crippen LogP contribution is 2.35. The summed E-state index contributed by atoms with van der Waals surface area (Å²) < 4.78 is 17.9. The van der Waals surface area contributed by atoms with Crippen LogP contribution in [0.15, 0.2) is 42.5 Å². The fourth-order valence-corrected chi connectivity index (χ4v) is 4.25. The molecule has 1 fully saturated rings. The molecular weight excluding hydrogens is 434 g/mol. The van der Waals surface area contributed by atoms with Gasteiger partial charge >= 0.3 is 0 Å². The fraction of sp³-hybridized carbons (Fsp3) is 0.519. The van der Waals surface area contributed by atoms with Crippen molar-refractivity contribution in [2.75, 3.05) is 6.54 Å². The van der Waals surface area contributed by atoms with Crippen molar-refractivity contribution in [2.24, 2.45) is 0 Å². The van der Waals surface area contributed by atoms with E-state index < -0.39 is 30.2 Å². The van der Waals surface area contributed by atoms with E-state index in [2.05, 4.69) is 11.4 Å². The lowest BCUT2D eigenvalue weighted by Gasteiger charge is -2.47. The van der Waals surface area contributed by atoms with Gasteiger partial charge in [-0.3, -0.25) is 4.79 Å². The highest BCUT2D eigenvalue weighted by molar-refractivity contribution is 5.73. The minimum atomic E-state index is -1.28. The number of rotatable bonds is 8. The lowest BCUT2D eigenvalue weighted by molar-refractivity contribution is -0.314. The Labute approximate surface area is 202 Å². The van der Waals surface area contributed by atoms with E-state index in [9.17, 15) is 15.0 Å². The molecule has 1 heterocycles. The summed E-state index contributed by atoms with van der Waals surface area (Å²) in [7, 11) is 0. The summed E-state index contributed by atoms with van der Waals surface area (Å²) in [5.74, 6) is 0.441. The minimum absolute atomic E-state index is 0.0681. The van der Waals surface area contributed by atoms with Gasteiger partial charge in [0.2, 0.25) is 12.2 Å². The number of hydrogen-bond donors (Lipinski definition) is 3. The van der Waals surface area contributed by atoms with Gasteiger partial charge in [-0.05, 0) is 69.9 Å². The predicted octanol–water partition coefficient (Wildman–Crippen LogP) is 3.37. The molecule has 7 heteroatoms. The molecule has 1 amide bonds. The summed E-state index contributed by atoms with van der Waals surface area (Å²) in [4.78, 5) is 11.3. The third-order valence-electron chi connectivity index (χ3n) is 5.89. The van der Waals surface area contributed by atoms with Crippen LogP contribution in [0.4, 0.5) is 0 Å². The van der Waals surface area contributed by atoms with Gasteiger partial charge in [0.15, 0.2) is 0 Å². The van der Waals surface area contributed by atoms with Gasteiger partial charge in [0.05, 0.1) is 11.7 Å². The van der Waals surface area contributed by atoms with Crippen LogP contribution in [0.5, 0.6) is 5.75 Å². The van der Waals surface area contributed by atoms with Crippen LogP contribution in [-0.4, -0.2) is 59.0 Å². The first kappa shape index (κ1) is 26.2. The standard InChI is InChI=1S/C27H37NO6/c1-16(2)32-25-23(30)24(31)26(34-27(25,5)6)33-21-11-10-19(12-13-28-18(4)29)22(15-21)20-9-7-8-17(3)14-20/h7-11,14-16,23-26,30-31H,12-13H2,1-6H3,(H,28,29)/t23-,24+,25+,26+/m0/s1. The fourth-order valence-electron chi connectivity index (χ4n) is 4.25. The van der Waals surface area contributed by atoms with E-state index >= 15 is 0 Å². The molecule has 4 atom stereocenters. The molecule has 1 saturated heterocycles. The predicted molar refractivity (Wildman–Crippen MR) is 131 cm³/mol. The van der Waals surface area contributed by atoms with E-state index in [-0.39, 0.29) is 12.0 Å². The second kappa shape index (κ2) is 10.9. The number of aliphatic hydroxyl groups is 2. The van der Waals surface area contributed by atoms with Gasteiger partial charge in [-0.2, -0.15) is 0 Å². The zero-order valence-electron chi connectivity index (χ0n) is 20.9. The summed E-state index contributed by atoms with van der Waals surface area (Å²) >= 11 is 0. The van der Waals surface area contributed by atoms with Gasteiger partial charge in [-0.1, -0.05) is 35.9 Å². The summed E-state index contributed by atoms with van der Waals surface area (Å²) in [6.07, 6.45) is -3.67. The number of carbonyl (C=O) groups is 1. The molecule has 0 aromatic heterocycles. The van der Waals surface area contributed by atoms with Crippen molar-refractivity contribution in [3.8, 4) is 16.9 Å². The van der Waals surface area contributed by atoms with Gasteiger partial charge in [0.1, 0.15) is 24.1 Å². The Bertz CT molecular complexity index is 989. The Morgan fingerprint density at radius 1 is 1.15 bits per heavy atom. The summed E-state index contributed by atoms with van der Waals surface area (Å²) in [5, 5.41) is 24.3. The van der Waals surface area contributed by atoms with Gasteiger partial charge in [-0.15, -0.1) is 0 Å². The molecule has 7 nitrogen and oxygen atoms in total. The molecule has 1 aliphatic rings. The molecule has 0 unspecified atom stereocenters. The van der Waals surface area contributed by atoms with Crippen LogP contribution >= 0.6 is 0 Å². The van der Waals surface area contributed by atoms with Crippen molar-refractivity contribution in [2.45, 2.75) is 84.3 Å². The first-order valence-electron chi connectivity index (χ1n) is 11.8. The van der Waals surface area contributed by atoms with Crippen molar-refractivity contribution in [1.29, 1.82) is 0 Å². The molecule has 0 bridgehead atoms. The van der Waals surface area contributed by atoms with Crippen LogP contribution in [0, 0.1) is 6.92 Å². The lowest BCUT2D eigenvalue weighted by Crippen LogP contribution is -2.64. The molecule has 0 spiro atoms. The third kappa shape index (κ3) is 6.36. The van der Waals surface area contributed by atoms with Crippen LogP contribution < -0.4 is 10.1 Å². The van der Waals surface area contributed by atoms with Crippen LogP contribution in [0.3, 0.4) is 0 Å².